The zero-order valence-electron chi connectivity index (χ0n) is 12.4. The van der Waals surface area contributed by atoms with Crippen molar-refractivity contribution < 1.29 is 15.3 Å². The van der Waals surface area contributed by atoms with Crippen LogP contribution in [0.25, 0.3) is 0 Å². The Kier molecular flexibility index (Phi) is 3.71. The van der Waals surface area contributed by atoms with E-state index >= 15 is 0 Å². The first kappa shape index (κ1) is 14.4. The van der Waals surface area contributed by atoms with Gasteiger partial charge in [0.25, 0.3) is 0 Å². The Bertz CT molecular complexity index is 754. The topological polar surface area (TPSA) is 85.4 Å². The number of hydrogen-bond acceptors (Lipinski definition) is 5. The van der Waals surface area contributed by atoms with E-state index in [0.29, 0.717) is 11.3 Å². The van der Waals surface area contributed by atoms with Gasteiger partial charge < -0.3 is 15.3 Å². The highest BCUT2D eigenvalue weighted by molar-refractivity contribution is 5.62. The third kappa shape index (κ3) is 2.50. The Balaban J connectivity index is 2.02. The zero-order chi connectivity index (χ0) is 15.7. The lowest BCUT2D eigenvalue weighted by Crippen LogP contribution is -2.02. The number of hydrogen-bond donors (Lipinski definition) is 3. The van der Waals surface area contributed by atoms with Crippen LogP contribution in [0.4, 0.5) is 11.4 Å². The van der Waals surface area contributed by atoms with Gasteiger partial charge in [-0.2, -0.15) is 0 Å². The normalized spacial score (nSPS) is 14.2. The minimum absolute atomic E-state index is 0.0105. The largest absolute Gasteiger partial charge is 0.508 e. The van der Waals surface area contributed by atoms with Gasteiger partial charge in [0.05, 0.1) is 0 Å². The van der Waals surface area contributed by atoms with Crippen molar-refractivity contribution in [3.05, 3.63) is 41.0 Å². The number of phenols is 3. The average molecular weight is 298 g/mol. The van der Waals surface area contributed by atoms with Gasteiger partial charge in [-0.3, -0.25) is 0 Å². The standard InChI is InChI=1S/C17H18N2O3/c1-10-14(20)9-7-13(17(10)22)18-19-16-12-5-3-2-4-11(12)6-8-15(16)21/h6-9,20-22H,2-5H2,1H3. The van der Waals surface area contributed by atoms with Gasteiger partial charge >= 0.3 is 0 Å². The first-order valence-electron chi connectivity index (χ1n) is 7.35. The molecular weight excluding hydrogens is 280 g/mol. The monoisotopic (exact) mass is 298 g/mol. The highest BCUT2D eigenvalue weighted by atomic mass is 16.3. The predicted octanol–water partition coefficient (Wildman–Crippen LogP) is 4.41. The highest BCUT2D eigenvalue weighted by Crippen LogP contribution is 2.40. The van der Waals surface area contributed by atoms with Crippen molar-refractivity contribution in [2.45, 2.75) is 32.6 Å². The molecule has 2 aromatic carbocycles. The van der Waals surface area contributed by atoms with Crippen LogP contribution in [0.2, 0.25) is 0 Å². The van der Waals surface area contributed by atoms with E-state index in [1.807, 2.05) is 6.07 Å². The summed E-state index contributed by atoms with van der Waals surface area (Å²) in [4.78, 5) is 0. The quantitative estimate of drug-likeness (QED) is 0.718. The van der Waals surface area contributed by atoms with Crippen molar-refractivity contribution in [2.75, 3.05) is 0 Å². The molecule has 0 bridgehead atoms. The number of phenolic OH excluding ortho intramolecular Hbond substituents is 3. The molecular formula is C17H18N2O3. The fraction of sp³-hybridized carbons (Fsp3) is 0.294. The van der Waals surface area contributed by atoms with Crippen LogP contribution in [0.5, 0.6) is 17.2 Å². The molecule has 0 saturated heterocycles. The Hall–Kier alpha value is -2.56. The summed E-state index contributed by atoms with van der Waals surface area (Å²) in [5.41, 5.74) is 3.33. The zero-order valence-corrected chi connectivity index (χ0v) is 12.4. The number of fused-ring (bicyclic) bond motifs is 1. The third-order valence-electron chi connectivity index (χ3n) is 4.12. The Morgan fingerprint density at radius 1 is 0.864 bits per heavy atom. The molecule has 3 N–H and O–H groups in total. The van der Waals surface area contributed by atoms with Gasteiger partial charge in [0.15, 0.2) is 0 Å². The summed E-state index contributed by atoms with van der Waals surface area (Å²) in [6.45, 7) is 1.60. The second-order valence-electron chi connectivity index (χ2n) is 5.56. The van der Waals surface area contributed by atoms with Crippen LogP contribution in [0.1, 0.15) is 29.5 Å². The van der Waals surface area contributed by atoms with Crippen LogP contribution in [-0.4, -0.2) is 15.3 Å². The summed E-state index contributed by atoms with van der Waals surface area (Å²) in [6.07, 6.45) is 4.08. The summed E-state index contributed by atoms with van der Waals surface area (Å²) in [6, 6.07) is 6.53. The number of azo groups is 1. The van der Waals surface area contributed by atoms with Crippen molar-refractivity contribution in [1.29, 1.82) is 0 Å². The Morgan fingerprint density at radius 2 is 1.59 bits per heavy atom. The molecule has 114 valence electrons. The van der Waals surface area contributed by atoms with E-state index in [2.05, 4.69) is 10.2 Å². The molecule has 2 aromatic rings. The summed E-state index contributed by atoms with van der Waals surface area (Å²) >= 11 is 0. The summed E-state index contributed by atoms with van der Waals surface area (Å²) in [7, 11) is 0. The number of benzene rings is 2. The van der Waals surface area contributed by atoms with Crippen LogP contribution >= 0.6 is 0 Å². The molecule has 0 saturated carbocycles. The first-order chi connectivity index (χ1) is 10.6. The lowest BCUT2D eigenvalue weighted by Gasteiger charge is -2.17. The minimum Gasteiger partial charge on any atom is -0.508 e. The van der Waals surface area contributed by atoms with Crippen LogP contribution in [-0.2, 0) is 12.8 Å². The number of nitrogens with zero attached hydrogens (tertiary/aromatic N) is 2. The van der Waals surface area contributed by atoms with Crippen LogP contribution < -0.4 is 0 Å². The van der Waals surface area contributed by atoms with Crippen LogP contribution in [0.15, 0.2) is 34.5 Å². The molecule has 0 atom stereocenters. The van der Waals surface area contributed by atoms with Crippen molar-refractivity contribution >= 4 is 11.4 Å². The molecule has 0 aromatic heterocycles. The van der Waals surface area contributed by atoms with Crippen LogP contribution in [0, 0.1) is 6.92 Å². The molecule has 0 radical (unpaired) electrons. The van der Waals surface area contributed by atoms with E-state index in [1.54, 1.807) is 13.0 Å². The van der Waals surface area contributed by atoms with Crippen LogP contribution in [0.3, 0.4) is 0 Å². The fourth-order valence-corrected chi connectivity index (χ4v) is 2.77. The summed E-state index contributed by atoms with van der Waals surface area (Å²) < 4.78 is 0. The van der Waals surface area contributed by atoms with Crippen molar-refractivity contribution in [2.24, 2.45) is 10.2 Å². The van der Waals surface area contributed by atoms with Gasteiger partial charge in [-0.25, -0.2) is 0 Å². The van der Waals surface area contributed by atoms with Gasteiger partial charge in [0.1, 0.15) is 28.6 Å². The second-order valence-corrected chi connectivity index (χ2v) is 5.56. The average Bonchev–Trinajstić information content (AvgIpc) is 2.53. The maximum Gasteiger partial charge on any atom is 0.149 e. The molecule has 0 unspecified atom stereocenters. The van der Waals surface area contributed by atoms with Gasteiger partial charge in [-0.05, 0) is 61.9 Å². The first-order valence-corrected chi connectivity index (χ1v) is 7.35. The summed E-state index contributed by atoms with van der Waals surface area (Å²) in [5.74, 6) is 0.00353. The molecule has 22 heavy (non-hydrogen) atoms. The van der Waals surface area contributed by atoms with Gasteiger partial charge in [0, 0.05) is 5.56 Å². The van der Waals surface area contributed by atoms with Crippen molar-refractivity contribution in [1.82, 2.24) is 0 Å². The lowest BCUT2D eigenvalue weighted by molar-refractivity contribution is 0.444. The van der Waals surface area contributed by atoms with E-state index in [0.717, 1.165) is 31.2 Å². The molecule has 0 aliphatic heterocycles. The fourth-order valence-electron chi connectivity index (χ4n) is 2.77. The smallest absolute Gasteiger partial charge is 0.149 e. The molecule has 3 rings (SSSR count). The molecule has 1 aliphatic rings. The van der Waals surface area contributed by atoms with E-state index in [9.17, 15) is 15.3 Å². The maximum absolute atomic E-state index is 10.1. The number of rotatable bonds is 2. The molecule has 1 aliphatic carbocycles. The van der Waals surface area contributed by atoms with E-state index in [4.69, 9.17) is 0 Å². The number of aromatic hydroxyl groups is 3. The Labute approximate surface area is 128 Å². The highest BCUT2D eigenvalue weighted by Gasteiger charge is 2.16. The SMILES string of the molecule is Cc1c(O)ccc(N=Nc2c(O)ccc3c2CCCC3)c1O. The molecule has 0 heterocycles. The lowest BCUT2D eigenvalue weighted by atomic mass is 9.90. The minimum atomic E-state index is -0.104. The Morgan fingerprint density at radius 3 is 2.41 bits per heavy atom. The second kappa shape index (κ2) is 5.67. The van der Waals surface area contributed by atoms with Gasteiger partial charge in [0.2, 0.25) is 0 Å². The van der Waals surface area contributed by atoms with Gasteiger partial charge in [-0.15, -0.1) is 10.2 Å². The summed E-state index contributed by atoms with van der Waals surface area (Å²) in [5, 5.41) is 37.8. The maximum atomic E-state index is 10.1. The molecule has 0 fully saturated rings. The molecule has 5 nitrogen and oxygen atoms in total. The predicted molar refractivity (Wildman–Crippen MR) is 83.4 cm³/mol. The van der Waals surface area contributed by atoms with E-state index < -0.39 is 0 Å². The van der Waals surface area contributed by atoms with E-state index in [1.165, 1.54) is 17.7 Å². The molecule has 0 amide bonds. The van der Waals surface area contributed by atoms with E-state index in [-0.39, 0.29) is 22.9 Å². The number of aryl methyl sites for hydroxylation is 1. The third-order valence-corrected chi connectivity index (χ3v) is 4.12. The molecule has 0 spiro atoms. The molecule has 5 heteroatoms. The van der Waals surface area contributed by atoms with Crippen molar-refractivity contribution in [3.63, 3.8) is 0 Å². The van der Waals surface area contributed by atoms with Crippen molar-refractivity contribution in [3.8, 4) is 17.2 Å². The van der Waals surface area contributed by atoms with Gasteiger partial charge in [-0.1, -0.05) is 6.07 Å².